The number of benzene rings is 1. The summed E-state index contributed by atoms with van der Waals surface area (Å²) in [4.78, 5) is 16.5. The van der Waals surface area contributed by atoms with Gasteiger partial charge >= 0.3 is 0 Å². The molecule has 0 heterocycles. The third kappa shape index (κ3) is 7.70. The zero-order chi connectivity index (χ0) is 17.1. The van der Waals surface area contributed by atoms with Crippen LogP contribution in [0.4, 0.5) is 0 Å². The molecule has 0 aliphatic rings. The summed E-state index contributed by atoms with van der Waals surface area (Å²) in [6.45, 7) is 4.78. The maximum Gasteiger partial charge on any atom is 0.220 e. The van der Waals surface area contributed by atoms with Gasteiger partial charge in [0.15, 0.2) is 11.5 Å². The predicted octanol–water partition coefficient (Wildman–Crippen LogP) is 3.34. The van der Waals surface area contributed by atoms with Crippen LogP contribution in [0.5, 0.6) is 11.5 Å². The van der Waals surface area contributed by atoms with E-state index < -0.39 is 0 Å². The van der Waals surface area contributed by atoms with Crippen molar-refractivity contribution in [2.45, 2.75) is 46.1 Å². The zero-order valence-corrected chi connectivity index (χ0v) is 14.3. The monoisotopic (exact) mass is 320 g/mol. The van der Waals surface area contributed by atoms with Crippen molar-refractivity contribution in [1.82, 2.24) is 5.32 Å². The molecule has 0 aliphatic heterocycles. The van der Waals surface area contributed by atoms with E-state index in [9.17, 15) is 4.79 Å². The molecule has 5 nitrogen and oxygen atoms in total. The standard InChI is InChI=1S/C18H28N2O3/c1-14(2)8-6-4-5-7-9-18(21)20-13-15-10-11-16(23-19)17(12-15)22-3/h6,8,10-12,14H,4-5,7,9,13,19H2,1-3H3,(H,20,21)/b8-6+. The molecule has 0 fully saturated rings. The predicted molar refractivity (Wildman–Crippen MR) is 92.1 cm³/mol. The molecule has 0 aromatic heterocycles. The fraction of sp³-hybridized carbons (Fsp3) is 0.500. The summed E-state index contributed by atoms with van der Waals surface area (Å²) in [6, 6.07) is 5.38. The molecule has 23 heavy (non-hydrogen) atoms. The highest BCUT2D eigenvalue weighted by molar-refractivity contribution is 5.75. The van der Waals surface area contributed by atoms with E-state index in [1.165, 1.54) is 0 Å². The van der Waals surface area contributed by atoms with Crippen LogP contribution in [0.25, 0.3) is 0 Å². The molecule has 1 rings (SSSR count). The first-order valence-electron chi connectivity index (χ1n) is 8.03. The molecular weight excluding hydrogens is 292 g/mol. The number of ether oxygens (including phenoxy) is 1. The van der Waals surface area contributed by atoms with Crippen molar-refractivity contribution >= 4 is 5.91 Å². The number of hydrogen-bond donors (Lipinski definition) is 2. The van der Waals surface area contributed by atoms with E-state index in [1.807, 2.05) is 6.07 Å². The lowest BCUT2D eigenvalue weighted by Gasteiger charge is -2.09. The lowest BCUT2D eigenvalue weighted by molar-refractivity contribution is -0.121. The number of rotatable bonds is 10. The summed E-state index contributed by atoms with van der Waals surface area (Å²) in [6.07, 6.45) is 7.91. The zero-order valence-electron chi connectivity index (χ0n) is 14.3. The molecule has 0 saturated heterocycles. The lowest BCUT2D eigenvalue weighted by Crippen LogP contribution is -2.22. The van der Waals surface area contributed by atoms with Crippen molar-refractivity contribution in [2.24, 2.45) is 11.8 Å². The van der Waals surface area contributed by atoms with Gasteiger partial charge in [-0.05, 0) is 42.9 Å². The minimum atomic E-state index is 0.0657. The average Bonchev–Trinajstić information content (AvgIpc) is 2.55. The summed E-state index contributed by atoms with van der Waals surface area (Å²) in [5, 5.41) is 2.91. The van der Waals surface area contributed by atoms with Crippen LogP contribution in [0.1, 0.15) is 45.1 Å². The van der Waals surface area contributed by atoms with Crippen LogP contribution >= 0.6 is 0 Å². The van der Waals surface area contributed by atoms with Gasteiger partial charge in [0, 0.05) is 13.0 Å². The molecule has 0 unspecified atom stereocenters. The topological polar surface area (TPSA) is 73.6 Å². The van der Waals surface area contributed by atoms with Crippen LogP contribution in [0.15, 0.2) is 30.4 Å². The quantitative estimate of drug-likeness (QED) is 0.394. The molecule has 1 aromatic carbocycles. The van der Waals surface area contributed by atoms with E-state index in [0.29, 0.717) is 30.4 Å². The first-order chi connectivity index (χ1) is 11.1. The summed E-state index contributed by atoms with van der Waals surface area (Å²) >= 11 is 0. The summed E-state index contributed by atoms with van der Waals surface area (Å²) in [7, 11) is 1.55. The third-order valence-electron chi connectivity index (χ3n) is 3.39. The van der Waals surface area contributed by atoms with Crippen LogP contribution in [-0.4, -0.2) is 13.0 Å². The van der Waals surface area contributed by atoms with Crippen molar-refractivity contribution in [3.63, 3.8) is 0 Å². The number of nitrogens with two attached hydrogens (primary N) is 1. The number of carbonyl (C=O) groups excluding carboxylic acids is 1. The van der Waals surface area contributed by atoms with Crippen molar-refractivity contribution in [1.29, 1.82) is 0 Å². The molecule has 0 spiro atoms. The van der Waals surface area contributed by atoms with Crippen LogP contribution in [-0.2, 0) is 11.3 Å². The molecule has 0 saturated carbocycles. The Balaban J connectivity index is 2.28. The minimum absolute atomic E-state index is 0.0657. The highest BCUT2D eigenvalue weighted by Gasteiger charge is 2.06. The van der Waals surface area contributed by atoms with Crippen molar-refractivity contribution in [3.05, 3.63) is 35.9 Å². The van der Waals surface area contributed by atoms with Gasteiger partial charge in [-0.1, -0.05) is 32.1 Å². The van der Waals surface area contributed by atoms with E-state index in [4.69, 9.17) is 15.5 Å². The maximum atomic E-state index is 11.8. The van der Waals surface area contributed by atoms with Crippen LogP contribution < -0.4 is 20.8 Å². The molecular formula is C18H28N2O3. The Kier molecular flexibility index (Phi) is 8.83. The second-order valence-corrected chi connectivity index (χ2v) is 5.80. The number of allylic oxidation sites excluding steroid dienone is 2. The van der Waals surface area contributed by atoms with Crippen LogP contribution in [0.2, 0.25) is 0 Å². The lowest BCUT2D eigenvalue weighted by atomic mass is 10.1. The van der Waals surface area contributed by atoms with Gasteiger partial charge in [0.2, 0.25) is 5.91 Å². The van der Waals surface area contributed by atoms with E-state index in [-0.39, 0.29) is 5.91 Å². The fourth-order valence-corrected chi connectivity index (χ4v) is 2.12. The second kappa shape index (κ2) is 10.7. The maximum absolute atomic E-state index is 11.8. The summed E-state index contributed by atoms with van der Waals surface area (Å²) in [5.41, 5.74) is 0.941. The Morgan fingerprint density at radius 3 is 2.74 bits per heavy atom. The van der Waals surface area contributed by atoms with Crippen molar-refractivity contribution < 1.29 is 14.4 Å². The normalized spacial score (nSPS) is 11.0. The van der Waals surface area contributed by atoms with Crippen LogP contribution in [0.3, 0.4) is 0 Å². The van der Waals surface area contributed by atoms with Gasteiger partial charge < -0.3 is 14.9 Å². The van der Waals surface area contributed by atoms with Crippen LogP contribution in [0, 0.1) is 5.92 Å². The highest BCUT2D eigenvalue weighted by atomic mass is 16.6. The number of nitrogens with one attached hydrogen (secondary N) is 1. The molecule has 3 N–H and O–H groups in total. The van der Waals surface area contributed by atoms with Crippen molar-refractivity contribution in [2.75, 3.05) is 7.11 Å². The van der Waals surface area contributed by atoms with E-state index in [0.717, 1.165) is 24.8 Å². The number of carbonyl (C=O) groups is 1. The van der Waals surface area contributed by atoms with Gasteiger partial charge in [0.1, 0.15) is 0 Å². The number of methoxy groups -OCH3 is 1. The smallest absolute Gasteiger partial charge is 0.220 e. The summed E-state index contributed by atoms with van der Waals surface area (Å²) < 4.78 is 5.18. The number of hydrogen-bond acceptors (Lipinski definition) is 4. The van der Waals surface area contributed by atoms with Gasteiger partial charge in [-0.3, -0.25) is 4.79 Å². The SMILES string of the molecule is COc1cc(CNC(=O)CCCC/C=C/C(C)C)ccc1ON. The first-order valence-corrected chi connectivity index (χ1v) is 8.03. The molecule has 0 bridgehead atoms. The number of amides is 1. The molecule has 0 radical (unpaired) electrons. The molecule has 0 aliphatic carbocycles. The van der Waals surface area contributed by atoms with Gasteiger partial charge in [-0.15, -0.1) is 0 Å². The largest absolute Gasteiger partial charge is 0.493 e. The van der Waals surface area contributed by atoms with E-state index >= 15 is 0 Å². The Bertz CT molecular complexity index is 513. The van der Waals surface area contributed by atoms with Gasteiger partial charge in [0.05, 0.1) is 7.11 Å². The third-order valence-corrected chi connectivity index (χ3v) is 3.39. The van der Waals surface area contributed by atoms with E-state index in [2.05, 4.69) is 31.3 Å². The second-order valence-electron chi connectivity index (χ2n) is 5.80. The molecule has 128 valence electrons. The first kappa shape index (κ1) is 19.0. The molecule has 0 atom stereocenters. The van der Waals surface area contributed by atoms with Gasteiger partial charge in [0.25, 0.3) is 0 Å². The number of unbranched alkanes of at least 4 members (excludes halogenated alkanes) is 2. The molecule has 1 aromatic rings. The van der Waals surface area contributed by atoms with Gasteiger partial charge in [-0.2, -0.15) is 5.90 Å². The van der Waals surface area contributed by atoms with E-state index in [1.54, 1.807) is 19.2 Å². The molecule has 5 heteroatoms. The average molecular weight is 320 g/mol. The fourth-order valence-electron chi connectivity index (χ4n) is 2.12. The Labute approximate surface area is 138 Å². The Morgan fingerprint density at radius 2 is 2.09 bits per heavy atom. The minimum Gasteiger partial charge on any atom is -0.493 e. The van der Waals surface area contributed by atoms with Crippen molar-refractivity contribution in [3.8, 4) is 11.5 Å². The van der Waals surface area contributed by atoms with Gasteiger partial charge in [-0.25, -0.2) is 0 Å². The Hall–Kier alpha value is -2.01. The Morgan fingerprint density at radius 1 is 1.30 bits per heavy atom. The highest BCUT2D eigenvalue weighted by Crippen LogP contribution is 2.26. The molecule has 1 amide bonds. The summed E-state index contributed by atoms with van der Waals surface area (Å²) in [5.74, 6) is 6.83.